The number of anilines is 1. The van der Waals surface area contributed by atoms with E-state index < -0.39 is 18.1 Å². The molecule has 0 saturated heterocycles. The summed E-state index contributed by atoms with van der Waals surface area (Å²) in [6.07, 6.45) is -4.31. The van der Waals surface area contributed by atoms with Crippen molar-refractivity contribution < 1.29 is 27.9 Å². The SMILES string of the molecule is O=C(O)CCCc1csc(NC(=O)C(F)(F)F)n1. The van der Waals surface area contributed by atoms with Gasteiger partial charge >= 0.3 is 18.1 Å². The molecular formula is C9H9F3N2O3S. The van der Waals surface area contributed by atoms with Crippen LogP contribution in [0.25, 0.3) is 0 Å². The Hall–Kier alpha value is -1.64. The van der Waals surface area contributed by atoms with Gasteiger partial charge in [0, 0.05) is 11.8 Å². The Kier molecular flexibility index (Phi) is 4.65. The van der Waals surface area contributed by atoms with Crippen molar-refractivity contribution in [3.05, 3.63) is 11.1 Å². The molecule has 0 spiro atoms. The minimum atomic E-state index is -4.95. The summed E-state index contributed by atoms with van der Waals surface area (Å²) < 4.78 is 35.8. The molecule has 1 rings (SSSR count). The van der Waals surface area contributed by atoms with Crippen molar-refractivity contribution in [3.63, 3.8) is 0 Å². The number of carbonyl (C=O) groups is 2. The highest BCUT2D eigenvalue weighted by atomic mass is 32.1. The number of hydrogen-bond donors (Lipinski definition) is 2. The number of carbonyl (C=O) groups excluding carboxylic acids is 1. The lowest BCUT2D eigenvalue weighted by Crippen LogP contribution is -2.29. The van der Waals surface area contributed by atoms with Crippen LogP contribution < -0.4 is 5.32 Å². The van der Waals surface area contributed by atoms with Crippen LogP contribution in [-0.2, 0) is 16.0 Å². The second-order valence-electron chi connectivity index (χ2n) is 3.34. The monoisotopic (exact) mass is 282 g/mol. The maximum Gasteiger partial charge on any atom is 0.471 e. The van der Waals surface area contributed by atoms with E-state index in [1.165, 1.54) is 5.38 Å². The number of aromatic nitrogens is 1. The number of nitrogens with one attached hydrogen (secondary N) is 1. The van der Waals surface area contributed by atoms with E-state index in [2.05, 4.69) is 4.98 Å². The van der Waals surface area contributed by atoms with Gasteiger partial charge in [0.1, 0.15) is 0 Å². The van der Waals surface area contributed by atoms with Crippen molar-refractivity contribution in [2.75, 3.05) is 5.32 Å². The first-order valence-corrected chi connectivity index (χ1v) is 5.71. The standard InChI is InChI=1S/C9H9F3N2O3S/c10-9(11,12)7(17)14-8-13-5(4-18-8)2-1-3-6(15)16/h4H,1-3H2,(H,15,16)(H,13,14,17). The molecule has 1 heterocycles. The number of carboxylic acids is 1. The van der Waals surface area contributed by atoms with Gasteiger partial charge in [-0.25, -0.2) is 4.98 Å². The third-order valence-corrected chi connectivity index (χ3v) is 2.66. The zero-order chi connectivity index (χ0) is 13.8. The van der Waals surface area contributed by atoms with Gasteiger partial charge in [0.25, 0.3) is 0 Å². The molecule has 5 nitrogen and oxygen atoms in total. The summed E-state index contributed by atoms with van der Waals surface area (Å²) >= 11 is 0.862. The maximum absolute atomic E-state index is 11.9. The van der Waals surface area contributed by atoms with Gasteiger partial charge in [-0.05, 0) is 12.8 Å². The molecule has 0 aliphatic rings. The summed E-state index contributed by atoms with van der Waals surface area (Å²) in [5.41, 5.74) is 0.457. The van der Waals surface area contributed by atoms with E-state index in [4.69, 9.17) is 5.11 Å². The second-order valence-corrected chi connectivity index (χ2v) is 4.20. The smallest absolute Gasteiger partial charge is 0.471 e. The molecular weight excluding hydrogens is 273 g/mol. The number of aryl methyl sites for hydroxylation is 1. The highest BCUT2D eigenvalue weighted by molar-refractivity contribution is 7.13. The van der Waals surface area contributed by atoms with Gasteiger partial charge < -0.3 is 5.11 Å². The molecule has 2 N–H and O–H groups in total. The van der Waals surface area contributed by atoms with Crippen molar-refractivity contribution in [1.82, 2.24) is 4.98 Å². The van der Waals surface area contributed by atoms with Crippen molar-refractivity contribution in [2.45, 2.75) is 25.4 Å². The van der Waals surface area contributed by atoms with Crippen LogP contribution in [0.2, 0.25) is 0 Å². The van der Waals surface area contributed by atoms with Gasteiger partial charge in [0.15, 0.2) is 5.13 Å². The number of aliphatic carboxylic acids is 1. The topological polar surface area (TPSA) is 79.3 Å². The fraction of sp³-hybridized carbons (Fsp3) is 0.444. The molecule has 0 bridgehead atoms. The number of amides is 1. The first-order valence-electron chi connectivity index (χ1n) is 4.83. The molecule has 0 radical (unpaired) electrons. The molecule has 1 amide bonds. The number of rotatable bonds is 5. The normalized spacial score (nSPS) is 11.3. The van der Waals surface area contributed by atoms with Gasteiger partial charge in [0.05, 0.1) is 5.69 Å². The van der Waals surface area contributed by atoms with Gasteiger partial charge in [-0.1, -0.05) is 0 Å². The first kappa shape index (κ1) is 14.4. The van der Waals surface area contributed by atoms with E-state index in [0.717, 1.165) is 11.3 Å². The number of thiazole rings is 1. The number of halogens is 3. The zero-order valence-corrected chi connectivity index (χ0v) is 9.77. The van der Waals surface area contributed by atoms with Crippen LogP contribution in [0.1, 0.15) is 18.5 Å². The Morgan fingerprint density at radius 2 is 2.11 bits per heavy atom. The summed E-state index contributed by atoms with van der Waals surface area (Å²) in [7, 11) is 0. The van der Waals surface area contributed by atoms with Crippen molar-refractivity contribution in [3.8, 4) is 0 Å². The lowest BCUT2D eigenvalue weighted by atomic mass is 10.2. The predicted molar refractivity (Wildman–Crippen MR) is 57.4 cm³/mol. The van der Waals surface area contributed by atoms with Crippen LogP contribution in [0.3, 0.4) is 0 Å². The third-order valence-electron chi connectivity index (χ3n) is 1.85. The molecule has 0 fully saturated rings. The van der Waals surface area contributed by atoms with E-state index in [0.29, 0.717) is 18.5 Å². The van der Waals surface area contributed by atoms with Gasteiger partial charge in [-0.2, -0.15) is 13.2 Å². The Morgan fingerprint density at radius 3 is 2.67 bits per heavy atom. The first-order chi connectivity index (χ1) is 8.29. The van der Waals surface area contributed by atoms with Gasteiger partial charge in [0.2, 0.25) is 0 Å². The van der Waals surface area contributed by atoms with Crippen LogP contribution in [0.5, 0.6) is 0 Å². The van der Waals surface area contributed by atoms with Crippen LogP contribution in [0, 0.1) is 0 Å². The highest BCUT2D eigenvalue weighted by Crippen LogP contribution is 2.21. The molecule has 9 heteroatoms. The van der Waals surface area contributed by atoms with Crippen molar-refractivity contribution in [2.24, 2.45) is 0 Å². The quantitative estimate of drug-likeness (QED) is 0.866. The largest absolute Gasteiger partial charge is 0.481 e. The van der Waals surface area contributed by atoms with E-state index in [-0.39, 0.29) is 11.6 Å². The molecule has 100 valence electrons. The van der Waals surface area contributed by atoms with E-state index in [1.807, 2.05) is 0 Å². The summed E-state index contributed by atoms with van der Waals surface area (Å²) in [6.45, 7) is 0. The predicted octanol–water partition coefficient (Wildman–Crippen LogP) is 2.05. The Labute approximate surface area is 104 Å². The number of hydrogen-bond acceptors (Lipinski definition) is 4. The fourth-order valence-corrected chi connectivity index (χ4v) is 1.81. The third kappa shape index (κ3) is 4.70. The minimum Gasteiger partial charge on any atom is -0.481 e. The molecule has 0 aromatic carbocycles. The fourth-order valence-electron chi connectivity index (χ4n) is 1.07. The van der Waals surface area contributed by atoms with Gasteiger partial charge in [-0.15, -0.1) is 11.3 Å². The number of nitrogens with zero attached hydrogens (tertiary/aromatic N) is 1. The molecule has 0 aliphatic carbocycles. The molecule has 18 heavy (non-hydrogen) atoms. The zero-order valence-electron chi connectivity index (χ0n) is 8.95. The highest BCUT2D eigenvalue weighted by Gasteiger charge is 2.39. The van der Waals surface area contributed by atoms with Crippen LogP contribution in [0.15, 0.2) is 5.38 Å². The average molecular weight is 282 g/mol. The van der Waals surface area contributed by atoms with Crippen LogP contribution in [-0.4, -0.2) is 28.1 Å². The Morgan fingerprint density at radius 1 is 1.44 bits per heavy atom. The molecule has 0 unspecified atom stereocenters. The van der Waals surface area contributed by atoms with Crippen LogP contribution >= 0.6 is 11.3 Å². The molecule has 1 aromatic rings. The lowest BCUT2D eigenvalue weighted by Gasteiger charge is -2.04. The van der Waals surface area contributed by atoms with Crippen molar-refractivity contribution >= 4 is 28.3 Å². The molecule has 0 aliphatic heterocycles. The summed E-state index contributed by atoms with van der Waals surface area (Å²) in [5.74, 6) is -3.02. The number of alkyl halides is 3. The minimum absolute atomic E-state index is 0.0399. The molecule has 0 atom stereocenters. The molecule has 1 aromatic heterocycles. The Balaban J connectivity index is 2.48. The van der Waals surface area contributed by atoms with E-state index in [9.17, 15) is 22.8 Å². The van der Waals surface area contributed by atoms with E-state index >= 15 is 0 Å². The van der Waals surface area contributed by atoms with Crippen molar-refractivity contribution in [1.29, 1.82) is 0 Å². The van der Waals surface area contributed by atoms with E-state index in [1.54, 1.807) is 5.32 Å². The lowest BCUT2D eigenvalue weighted by molar-refractivity contribution is -0.167. The second kappa shape index (κ2) is 5.80. The van der Waals surface area contributed by atoms with Gasteiger partial charge in [-0.3, -0.25) is 14.9 Å². The maximum atomic E-state index is 11.9. The Bertz CT molecular complexity index is 445. The van der Waals surface area contributed by atoms with Crippen LogP contribution in [0.4, 0.5) is 18.3 Å². The average Bonchev–Trinajstić information content (AvgIpc) is 2.63. The summed E-state index contributed by atoms with van der Waals surface area (Å²) in [4.78, 5) is 24.6. The number of carboxylic acid groups (broad SMARTS) is 1. The summed E-state index contributed by atoms with van der Waals surface area (Å²) in [5, 5.41) is 11.4. The summed E-state index contributed by atoms with van der Waals surface area (Å²) in [6, 6.07) is 0. The molecule has 0 saturated carbocycles.